The van der Waals surface area contributed by atoms with Crippen LogP contribution in [-0.4, -0.2) is 66.5 Å². The highest BCUT2D eigenvalue weighted by Crippen LogP contribution is 2.16. The zero-order valence-corrected chi connectivity index (χ0v) is 13.4. The molecule has 2 aliphatic heterocycles. The quantitative estimate of drug-likeness (QED) is 0.872. The fraction of sp³-hybridized carbons (Fsp3) is 0.471. The molecular weight excluding hydrogens is 310 g/mol. The van der Waals surface area contributed by atoms with E-state index in [1.54, 1.807) is 34.1 Å². The first-order chi connectivity index (χ1) is 11.6. The van der Waals surface area contributed by atoms with E-state index in [0.29, 0.717) is 38.3 Å². The van der Waals surface area contributed by atoms with E-state index in [4.69, 9.17) is 4.74 Å². The van der Waals surface area contributed by atoms with Crippen LogP contribution >= 0.6 is 0 Å². The zero-order chi connectivity index (χ0) is 16.9. The van der Waals surface area contributed by atoms with Crippen molar-refractivity contribution in [2.24, 2.45) is 0 Å². The summed E-state index contributed by atoms with van der Waals surface area (Å²) in [5, 5.41) is 2.39. The summed E-state index contributed by atoms with van der Waals surface area (Å²) in [6.45, 7) is 2.39. The number of carbonyl (C=O) groups is 3. The molecule has 1 aromatic carbocycles. The van der Waals surface area contributed by atoms with Crippen molar-refractivity contribution in [2.45, 2.75) is 18.9 Å². The number of carbonyl (C=O) groups excluding carboxylic acids is 3. The Balaban J connectivity index is 1.48. The van der Waals surface area contributed by atoms with Gasteiger partial charge in [-0.15, -0.1) is 0 Å². The van der Waals surface area contributed by atoms with Crippen LogP contribution in [0, 0.1) is 0 Å². The van der Waals surface area contributed by atoms with Crippen LogP contribution in [0.15, 0.2) is 30.3 Å². The Labute approximate surface area is 140 Å². The molecule has 0 saturated carbocycles. The molecular formula is C17H21N3O4. The van der Waals surface area contributed by atoms with Gasteiger partial charge in [0.2, 0.25) is 0 Å². The van der Waals surface area contributed by atoms with E-state index in [2.05, 4.69) is 5.32 Å². The van der Waals surface area contributed by atoms with Gasteiger partial charge in [0.25, 0.3) is 11.8 Å². The largest absolute Gasteiger partial charge is 0.368 e. The summed E-state index contributed by atoms with van der Waals surface area (Å²) in [6.07, 6.45) is 1.36. The first-order valence-electron chi connectivity index (χ1n) is 8.21. The molecule has 128 valence electrons. The number of nitrogens with one attached hydrogen (secondary N) is 1. The Morgan fingerprint density at radius 3 is 2.29 bits per heavy atom. The van der Waals surface area contributed by atoms with Crippen molar-refractivity contribution in [3.8, 4) is 0 Å². The maximum Gasteiger partial charge on any atom is 0.324 e. The van der Waals surface area contributed by atoms with Crippen molar-refractivity contribution in [3.63, 3.8) is 0 Å². The fourth-order valence-electron chi connectivity index (χ4n) is 2.94. The van der Waals surface area contributed by atoms with Crippen LogP contribution in [0.1, 0.15) is 23.2 Å². The second-order valence-corrected chi connectivity index (χ2v) is 5.94. The van der Waals surface area contributed by atoms with Gasteiger partial charge in [0.05, 0.1) is 0 Å². The van der Waals surface area contributed by atoms with E-state index < -0.39 is 11.9 Å². The lowest BCUT2D eigenvalue weighted by Gasteiger charge is -2.35. The summed E-state index contributed by atoms with van der Waals surface area (Å²) in [4.78, 5) is 39.7. The summed E-state index contributed by atoms with van der Waals surface area (Å²) in [6, 6.07) is 8.18. The van der Waals surface area contributed by atoms with E-state index in [1.165, 1.54) is 0 Å². The molecule has 2 fully saturated rings. The standard InChI is InChI=1S/C17H21N3O4/c21-15(13-5-2-1-3-6-13)18-17(23)20-10-8-19(9-11-20)16(22)14-7-4-12-24-14/h1-3,5-6,14H,4,7-12H2,(H,18,21,23). The van der Waals surface area contributed by atoms with Gasteiger partial charge < -0.3 is 14.5 Å². The third-order valence-electron chi connectivity index (χ3n) is 4.34. The molecule has 24 heavy (non-hydrogen) atoms. The molecule has 7 nitrogen and oxygen atoms in total. The Hall–Kier alpha value is -2.41. The minimum Gasteiger partial charge on any atom is -0.368 e. The summed E-state index contributed by atoms with van der Waals surface area (Å²) in [7, 11) is 0. The zero-order valence-electron chi connectivity index (χ0n) is 13.4. The van der Waals surface area contributed by atoms with Crippen molar-refractivity contribution in [2.75, 3.05) is 32.8 Å². The van der Waals surface area contributed by atoms with Crippen molar-refractivity contribution >= 4 is 17.8 Å². The number of amides is 4. The van der Waals surface area contributed by atoms with Crippen molar-refractivity contribution in [1.29, 1.82) is 0 Å². The molecule has 4 amide bonds. The summed E-state index contributed by atoms with van der Waals surface area (Å²) < 4.78 is 5.42. The monoisotopic (exact) mass is 331 g/mol. The maximum atomic E-state index is 12.3. The van der Waals surface area contributed by atoms with Crippen LogP contribution in [0.25, 0.3) is 0 Å². The second kappa shape index (κ2) is 7.44. The molecule has 0 aliphatic carbocycles. The van der Waals surface area contributed by atoms with Crippen LogP contribution in [0.5, 0.6) is 0 Å². The van der Waals surface area contributed by atoms with E-state index in [9.17, 15) is 14.4 Å². The van der Waals surface area contributed by atoms with Gasteiger partial charge >= 0.3 is 6.03 Å². The van der Waals surface area contributed by atoms with Crippen molar-refractivity contribution in [1.82, 2.24) is 15.1 Å². The Kier molecular flexibility index (Phi) is 5.10. The van der Waals surface area contributed by atoms with E-state index in [-0.39, 0.29) is 12.0 Å². The highest BCUT2D eigenvalue weighted by atomic mass is 16.5. The molecule has 2 aliphatic rings. The van der Waals surface area contributed by atoms with Crippen molar-refractivity contribution < 1.29 is 19.1 Å². The van der Waals surface area contributed by atoms with Gasteiger partial charge in [0, 0.05) is 38.3 Å². The Morgan fingerprint density at radius 1 is 1.00 bits per heavy atom. The number of ether oxygens (including phenoxy) is 1. The van der Waals surface area contributed by atoms with Crippen LogP contribution in [-0.2, 0) is 9.53 Å². The number of rotatable bonds is 2. The molecule has 1 atom stereocenters. The number of imide groups is 1. The van der Waals surface area contributed by atoms with Gasteiger partial charge in [0.1, 0.15) is 6.10 Å². The number of piperazine rings is 1. The lowest BCUT2D eigenvalue weighted by molar-refractivity contribution is -0.142. The van der Waals surface area contributed by atoms with Gasteiger partial charge in [-0.3, -0.25) is 14.9 Å². The molecule has 2 heterocycles. The molecule has 7 heteroatoms. The van der Waals surface area contributed by atoms with Gasteiger partial charge in [-0.2, -0.15) is 0 Å². The second-order valence-electron chi connectivity index (χ2n) is 5.94. The molecule has 0 spiro atoms. The van der Waals surface area contributed by atoms with E-state index in [1.807, 2.05) is 6.07 Å². The molecule has 1 aromatic rings. The van der Waals surface area contributed by atoms with Crippen LogP contribution in [0.2, 0.25) is 0 Å². The minimum atomic E-state index is -0.423. The summed E-state index contributed by atoms with van der Waals surface area (Å²) in [5.74, 6) is -0.411. The fourth-order valence-corrected chi connectivity index (χ4v) is 2.94. The molecule has 2 saturated heterocycles. The third-order valence-corrected chi connectivity index (χ3v) is 4.34. The highest BCUT2D eigenvalue weighted by Gasteiger charge is 2.31. The molecule has 1 N–H and O–H groups in total. The van der Waals surface area contributed by atoms with Crippen LogP contribution in [0.3, 0.4) is 0 Å². The number of urea groups is 1. The summed E-state index contributed by atoms with van der Waals surface area (Å²) in [5.41, 5.74) is 0.443. The van der Waals surface area contributed by atoms with Gasteiger partial charge in [-0.05, 0) is 25.0 Å². The van der Waals surface area contributed by atoms with Crippen LogP contribution < -0.4 is 5.32 Å². The van der Waals surface area contributed by atoms with Gasteiger partial charge in [0.15, 0.2) is 0 Å². The molecule has 3 rings (SSSR count). The molecule has 0 bridgehead atoms. The first kappa shape index (κ1) is 16.4. The van der Waals surface area contributed by atoms with Gasteiger partial charge in [-0.25, -0.2) is 4.79 Å². The predicted octanol–water partition coefficient (Wildman–Crippen LogP) is 0.860. The molecule has 0 radical (unpaired) electrons. The average Bonchev–Trinajstić information content (AvgIpc) is 3.16. The lowest BCUT2D eigenvalue weighted by atomic mass is 10.2. The van der Waals surface area contributed by atoms with Crippen molar-refractivity contribution in [3.05, 3.63) is 35.9 Å². The SMILES string of the molecule is O=C(NC(=O)N1CCN(C(=O)C2CCCO2)CC1)c1ccccc1. The smallest absolute Gasteiger partial charge is 0.324 e. The molecule has 1 unspecified atom stereocenters. The Morgan fingerprint density at radius 2 is 1.67 bits per heavy atom. The highest BCUT2D eigenvalue weighted by molar-refractivity contribution is 6.04. The van der Waals surface area contributed by atoms with E-state index in [0.717, 1.165) is 12.8 Å². The van der Waals surface area contributed by atoms with Crippen LogP contribution in [0.4, 0.5) is 4.79 Å². The summed E-state index contributed by atoms with van der Waals surface area (Å²) >= 11 is 0. The number of hydrogen-bond acceptors (Lipinski definition) is 4. The number of hydrogen-bond donors (Lipinski definition) is 1. The van der Waals surface area contributed by atoms with E-state index >= 15 is 0 Å². The maximum absolute atomic E-state index is 12.3. The lowest BCUT2D eigenvalue weighted by Crippen LogP contribution is -2.55. The van der Waals surface area contributed by atoms with Gasteiger partial charge in [-0.1, -0.05) is 18.2 Å². The number of nitrogens with zero attached hydrogens (tertiary/aromatic N) is 2. The first-order valence-corrected chi connectivity index (χ1v) is 8.21. The minimum absolute atomic E-state index is 0.00733. The third kappa shape index (κ3) is 3.73. The Bertz CT molecular complexity index is 606. The normalized spacial score (nSPS) is 20.8. The molecule has 0 aromatic heterocycles. The predicted molar refractivity (Wildman–Crippen MR) is 86.4 cm³/mol. The topological polar surface area (TPSA) is 79.0 Å². The number of benzene rings is 1. The average molecular weight is 331 g/mol.